The zero-order valence-corrected chi connectivity index (χ0v) is 8.43. The highest BCUT2D eigenvalue weighted by Crippen LogP contribution is 2.28. The summed E-state index contributed by atoms with van der Waals surface area (Å²) in [7, 11) is 0. The van der Waals surface area contributed by atoms with Gasteiger partial charge in [-0.15, -0.1) is 0 Å². The molecule has 2 nitrogen and oxygen atoms in total. The molecule has 13 heavy (non-hydrogen) atoms. The van der Waals surface area contributed by atoms with E-state index in [9.17, 15) is 0 Å². The number of hydrogen-bond acceptors (Lipinski definition) is 2. The molecule has 0 atom stereocenters. The number of hydrogen-bond donors (Lipinski definition) is 0. The van der Waals surface area contributed by atoms with Crippen LogP contribution in [-0.2, 0) is 0 Å². The summed E-state index contributed by atoms with van der Waals surface area (Å²) in [6.07, 6.45) is 1.80. The molecular weight excluding hydrogens is 162 g/mol. The maximum atomic E-state index is 5.22. The molecule has 0 spiro atoms. The lowest BCUT2D eigenvalue weighted by atomic mass is 9.96. The fourth-order valence-electron chi connectivity index (χ4n) is 1.71. The van der Waals surface area contributed by atoms with E-state index in [0.29, 0.717) is 0 Å². The summed E-state index contributed by atoms with van der Waals surface area (Å²) in [5.41, 5.74) is 6.06. The van der Waals surface area contributed by atoms with Crippen LogP contribution >= 0.6 is 0 Å². The van der Waals surface area contributed by atoms with Crippen LogP contribution in [0.5, 0.6) is 0 Å². The minimum atomic E-state index is 0.931. The Morgan fingerprint density at radius 3 is 2.23 bits per heavy atom. The monoisotopic (exact) mass is 175 g/mol. The van der Waals surface area contributed by atoms with Gasteiger partial charge >= 0.3 is 0 Å². The topological polar surface area (TPSA) is 26.0 Å². The van der Waals surface area contributed by atoms with Gasteiger partial charge < -0.3 is 4.52 Å². The van der Waals surface area contributed by atoms with Gasteiger partial charge in [0.1, 0.15) is 0 Å². The molecule has 1 aromatic carbocycles. The van der Waals surface area contributed by atoms with Gasteiger partial charge in [-0.1, -0.05) is 5.16 Å². The zero-order chi connectivity index (χ0) is 9.59. The number of rotatable bonds is 0. The predicted molar refractivity (Wildman–Crippen MR) is 53.0 cm³/mol. The largest absolute Gasteiger partial charge is 0.356 e. The highest BCUT2D eigenvalue weighted by molar-refractivity contribution is 5.85. The Labute approximate surface area is 77.5 Å². The molecule has 2 heteroatoms. The average Bonchev–Trinajstić information content (AvgIpc) is 2.59. The van der Waals surface area contributed by atoms with Crippen LogP contribution in [0.25, 0.3) is 11.0 Å². The molecule has 2 aromatic rings. The molecular formula is C11H13NO. The van der Waals surface area contributed by atoms with E-state index in [1.807, 2.05) is 0 Å². The fourth-order valence-corrected chi connectivity index (χ4v) is 1.71. The number of nitrogens with zero attached hydrogens (tertiary/aromatic N) is 1. The third-order valence-corrected chi connectivity index (χ3v) is 3.00. The molecule has 0 unspecified atom stereocenters. The first-order valence-electron chi connectivity index (χ1n) is 4.43. The molecule has 0 saturated heterocycles. The summed E-state index contributed by atoms with van der Waals surface area (Å²) < 4.78 is 5.22. The molecule has 68 valence electrons. The van der Waals surface area contributed by atoms with Crippen LogP contribution in [0, 0.1) is 27.7 Å². The second-order valence-electron chi connectivity index (χ2n) is 3.57. The van der Waals surface area contributed by atoms with Gasteiger partial charge in [0.15, 0.2) is 5.58 Å². The fraction of sp³-hybridized carbons (Fsp3) is 0.364. The van der Waals surface area contributed by atoms with Crippen molar-refractivity contribution in [2.24, 2.45) is 0 Å². The van der Waals surface area contributed by atoms with Gasteiger partial charge in [0.05, 0.1) is 6.20 Å². The first kappa shape index (κ1) is 8.30. The van der Waals surface area contributed by atoms with Crippen LogP contribution in [0.4, 0.5) is 0 Å². The molecule has 0 bridgehead atoms. The van der Waals surface area contributed by atoms with Crippen molar-refractivity contribution in [3.05, 3.63) is 28.5 Å². The van der Waals surface area contributed by atoms with Crippen molar-refractivity contribution in [1.29, 1.82) is 0 Å². The third kappa shape index (κ3) is 0.981. The molecule has 0 radical (unpaired) electrons. The Morgan fingerprint density at radius 1 is 0.923 bits per heavy atom. The number of fused-ring (bicyclic) bond motifs is 1. The maximum Gasteiger partial charge on any atom is 0.170 e. The van der Waals surface area contributed by atoms with E-state index >= 15 is 0 Å². The molecule has 1 heterocycles. The highest BCUT2D eigenvalue weighted by Gasteiger charge is 2.11. The van der Waals surface area contributed by atoms with Gasteiger partial charge in [-0.25, -0.2) is 0 Å². The standard InChI is InChI=1S/C11H13NO/c1-6-7(2)9(4)11-10(8(6)3)5-12-13-11/h5H,1-4H3. The maximum absolute atomic E-state index is 5.22. The van der Waals surface area contributed by atoms with Crippen LogP contribution in [0.15, 0.2) is 10.7 Å². The summed E-state index contributed by atoms with van der Waals surface area (Å²) in [4.78, 5) is 0. The van der Waals surface area contributed by atoms with E-state index in [1.165, 1.54) is 22.3 Å². The summed E-state index contributed by atoms with van der Waals surface area (Å²) in [6, 6.07) is 0. The molecule has 2 rings (SSSR count). The minimum absolute atomic E-state index is 0.931. The van der Waals surface area contributed by atoms with E-state index < -0.39 is 0 Å². The SMILES string of the molecule is Cc1c(C)c(C)c2oncc2c1C. The van der Waals surface area contributed by atoms with Gasteiger partial charge in [0, 0.05) is 5.39 Å². The third-order valence-electron chi connectivity index (χ3n) is 3.00. The number of benzene rings is 1. The van der Waals surface area contributed by atoms with Crippen molar-refractivity contribution >= 4 is 11.0 Å². The molecule has 0 saturated carbocycles. The lowest BCUT2D eigenvalue weighted by Crippen LogP contribution is -1.91. The van der Waals surface area contributed by atoms with Crippen LogP contribution in [0.3, 0.4) is 0 Å². The van der Waals surface area contributed by atoms with Crippen molar-refractivity contribution < 1.29 is 4.52 Å². The van der Waals surface area contributed by atoms with Gasteiger partial charge in [-0.3, -0.25) is 0 Å². The van der Waals surface area contributed by atoms with Crippen molar-refractivity contribution in [3.63, 3.8) is 0 Å². The van der Waals surface area contributed by atoms with E-state index in [-0.39, 0.29) is 0 Å². The van der Waals surface area contributed by atoms with Crippen LogP contribution in [0.1, 0.15) is 22.3 Å². The first-order chi connectivity index (χ1) is 6.13. The number of aromatic nitrogens is 1. The van der Waals surface area contributed by atoms with Gasteiger partial charge in [-0.2, -0.15) is 0 Å². The average molecular weight is 175 g/mol. The van der Waals surface area contributed by atoms with E-state index in [2.05, 4.69) is 32.9 Å². The van der Waals surface area contributed by atoms with Crippen molar-refractivity contribution in [2.75, 3.05) is 0 Å². The van der Waals surface area contributed by atoms with Gasteiger partial charge in [-0.05, 0) is 49.9 Å². The lowest BCUT2D eigenvalue weighted by Gasteiger charge is -2.08. The van der Waals surface area contributed by atoms with Crippen molar-refractivity contribution in [2.45, 2.75) is 27.7 Å². The molecule has 0 N–H and O–H groups in total. The van der Waals surface area contributed by atoms with Crippen LogP contribution in [-0.4, -0.2) is 5.16 Å². The van der Waals surface area contributed by atoms with E-state index in [0.717, 1.165) is 11.0 Å². The summed E-state index contributed by atoms with van der Waals surface area (Å²) in [5, 5.41) is 4.97. The normalized spacial score (nSPS) is 11.1. The Balaban J connectivity index is 3.02. The van der Waals surface area contributed by atoms with Gasteiger partial charge in [0.25, 0.3) is 0 Å². The summed E-state index contributed by atoms with van der Waals surface area (Å²) in [5.74, 6) is 0. The summed E-state index contributed by atoms with van der Waals surface area (Å²) in [6.45, 7) is 8.46. The molecule has 0 aliphatic carbocycles. The van der Waals surface area contributed by atoms with E-state index in [4.69, 9.17) is 4.52 Å². The Bertz CT molecular complexity index is 426. The highest BCUT2D eigenvalue weighted by atomic mass is 16.5. The molecule has 0 aliphatic rings. The van der Waals surface area contributed by atoms with Crippen LogP contribution in [0.2, 0.25) is 0 Å². The quantitative estimate of drug-likeness (QED) is 0.615. The lowest BCUT2D eigenvalue weighted by molar-refractivity contribution is 0.455. The molecule has 0 fully saturated rings. The van der Waals surface area contributed by atoms with E-state index in [1.54, 1.807) is 6.20 Å². The van der Waals surface area contributed by atoms with Gasteiger partial charge in [0.2, 0.25) is 0 Å². The predicted octanol–water partition coefficient (Wildman–Crippen LogP) is 3.06. The van der Waals surface area contributed by atoms with Crippen molar-refractivity contribution in [1.82, 2.24) is 5.16 Å². The van der Waals surface area contributed by atoms with Crippen LogP contribution < -0.4 is 0 Å². The Morgan fingerprint density at radius 2 is 1.54 bits per heavy atom. The minimum Gasteiger partial charge on any atom is -0.356 e. The Kier molecular flexibility index (Phi) is 1.65. The van der Waals surface area contributed by atoms with Crippen molar-refractivity contribution in [3.8, 4) is 0 Å². The number of aryl methyl sites for hydroxylation is 2. The Hall–Kier alpha value is -1.31. The second kappa shape index (κ2) is 2.59. The smallest absolute Gasteiger partial charge is 0.170 e. The first-order valence-corrected chi connectivity index (χ1v) is 4.43. The molecule has 0 aliphatic heterocycles. The zero-order valence-electron chi connectivity index (χ0n) is 8.43. The second-order valence-corrected chi connectivity index (χ2v) is 3.57. The molecule has 1 aromatic heterocycles. The summed E-state index contributed by atoms with van der Waals surface area (Å²) >= 11 is 0. The molecule has 0 amide bonds.